The van der Waals surface area contributed by atoms with Crippen LogP contribution < -0.4 is 0 Å². The van der Waals surface area contributed by atoms with E-state index < -0.39 is 0 Å². The van der Waals surface area contributed by atoms with Crippen molar-refractivity contribution in [2.75, 3.05) is 20.3 Å². The van der Waals surface area contributed by atoms with Crippen LogP contribution >= 0.6 is 0 Å². The van der Waals surface area contributed by atoms with Gasteiger partial charge in [-0.15, -0.1) is 0 Å². The van der Waals surface area contributed by atoms with E-state index in [0.29, 0.717) is 36.6 Å². The molecule has 0 fully saturated rings. The maximum atomic E-state index is 12.6. The maximum absolute atomic E-state index is 12.6. The van der Waals surface area contributed by atoms with Gasteiger partial charge < -0.3 is 14.1 Å². The minimum Gasteiger partial charge on any atom is -0.467 e. The number of rotatable bonds is 6. The molecule has 0 N–H and O–H groups in total. The number of nitrogens with zero attached hydrogens (tertiary/aromatic N) is 2. The number of methoxy groups -OCH3 is 1. The molecule has 5 nitrogen and oxygen atoms in total. The molecule has 1 heterocycles. The molecular weight excluding hydrogens is 268 g/mol. The van der Waals surface area contributed by atoms with E-state index in [1.807, 2.05) is 12.1 Å². The molecule has 0 aliphatic rings. The highest BCUT2D eigenvalue weighted by molar-refractivity contribution is 5.94. The van der Waals surface area contributed by atoms with Crippen LogP contribution in [0.3, 0.4) is 0 Å². The van der Waals surface area contributed by atoms with Crippen LogP contribution in [-0.2, 0) is 11.3 Å². The molecule has 0 unspecified atom stereocenters. The van der Waals surface area contributed by atoms with E-state index in [0.717, 1.165) is 0 Å². The van der Waals surface area contributed by atoms with Gasteiger partial charge in [0.15, 0.2) is 0 Å². The van der Waals surface area contributed by atoms with Crippen molar-refractivity contribution in [1.82, 2.24) is 4.90 Å². The van der Waals surface area contributed by atoms with Crippen molar-refractivity contribution >= 4 is 5.91 Å². The van der Waals surface area contributed by atoms with Gasteiger partial charge in [-0.2, -0.15) is 5.26 Å². The van der Waals surface area contributed by atoms with Gasteiger partial charge in [0.25, 0.3) is 5.91 Å². The lowest BCUT2D eigenvalue weighted by Gasteiger charge is -2.21. The Labute approximate surface area is 123 Å². The number of nitriles is 1. The normalized spacial score (nSPS) is 10.1. The summed E-state index contributed by atoms with van der Waals surface area (Å²) in [6.45, 7) is 1.25. The summed E-state index contributed by atoms with van der Waals surface area (Å²) in [5.74, 6) is 0.552. The standard InChI is InChI=1S/C16H16N2O3/c1-20-9-7-18(12-15-6-3-8-21-15)16(19)14-5-2-4-13(10-14)11-17/h2-6,8,10H,7,9,12H2,1H3. The summed E-state index contributed by atoms with van der Waals surface area (Å²) < 4.78 is 10.3. The van der Waals surface area contributed by atoms with Crippen LogP contribution in [0.25, 0.3) is 0 Å². The highest BCUT2D eigenvalue weighted by atomic mass is 16.5. The fraction of sp³-hybridized carbons (Fsp3) is 0.250. The molecule has 0 saturated heterocycles. The number of hydrogen-bond donors (Lipinski definition) is 0. The highest BCUT2D eigenvalue weighted by Gasteiger charge is 2.17. The fourth-order valence-corrected chi connectivity index (χ4v) is 1.95. The van der Waals surface area contributed by atoms with E-state index in [-0.39, 0.29) is 5.91 Å². The van der Waals surface area contributed by atoms with E-state index in [1.54, 1.807) is 48.6 Å². The third-order valence-corrected chi connectivity index (χ3v) is 3.02. The Balaban J connectivity index is 2.18. The van der Waals surface area contributed by atoms with Crippen LogP contribution in [-0.4, -0.2) is 31.1 Å². The molecule has 0 atom stereocenters. The summed E-state index contributed by atoms with van der Waals surface area (Å²) in [4.78, 5) is 14.2. The van der Waals surface area contributed by atoms with Gasteiger partial charge in [0.05, 0.1) is 31.0 Å². The average molecular weight is 284 g/mol. The van der Waals surface area contributed by atoms with Crippen LogP contribution in [0.4, 0.5) is 0 Å². The van der Waals surface area contributed by atoms with Gasteiger partial charge >= 0.3 is 0 Å². The zero-order valence-electron chi connectivity index (χ0n) is 11.8. The highest BCUT2D eigenvalue weighted by Crippen LogP contribution is 2.12. The lowest BCUT2D eigenvalue weighted by atomic mass is 10.1. The lowest BCUT2D eigenvalue weighted by molar-refractivity contribution is 0.0666. The number of furan rings is 1. The van der Waals surface area contributed by atoms with Gasteiger partial charge in [0.2, 0.25) is 0 Å². The first kappa shape index (κ1) is 14.8. The van der Waals surface area contributed by atoms with E-state index >= 15 is 0 Å². The molecule has 5 heteroatoms. The SMILES string of the molecule is COCCN(Cc1ccco1)C(=O)c1cccc(C#N)c1. The molecule has 0 radical (unpaired) electrons. The summed E-state index contributed by atoms with van der Waals surface area (Å²) in [6.07, 6.45) is 1.57. The van der Waals surface area contributed by atoms with Gasteiger partial charge in [-0.3, -0.25) is 4.79 Å². The van der Waals surface area contributed by atoms with Gasteiger partial charge in [0.1, 0.15) is 5.76 Å². The van der Waals surface area contributed by atoms with Crippen LogP contribution in [0.5, 0.6) is 0 Å². The largest absolute Gasteiger partial charge is 0.467 e. The van der Waals surface area contributed by atoms with Crippen molar-refractivity contribution in [3.05, 3.63) is 59.5 Å². The Bertz CT molecular complexity index is 629. The zero-order valence-corrected chi connectivity index (χ0v) is 11.8. The number of amides is 1. The molecule has 0 aliphatic heterocycles. The molecule has 1 aromatic carbocycles. The van der Waals surface area contributed by atoms with E-state index in [2.05, 4.69) is 0 Å². The smallest absolute Gasteiger partial charge is 0.254 e. The van der Waals surface area contributed by atoms with E-state index in [4.69, 9.17) is 14.4 Å². The predicted octanol–water partition coefficient (Wildman–Crippen LogP) is 2.44. The number of carbonyl (C=O) groups excluding carboxylic acids is 1. The third-order valence-electron chi connectivity index (χ3n) is 3.02. The molecule has 0 spiro atoms. The molecule has 0 aliphatic carbocycles. The second-order valence-electron chi connectivity index (χ2n) is 4.49. The Hall–Kier alpha value is -2.58. The Morgan fingerprint density at radius 1 is 1.38 bits per heavy atom. The predicted molar refractivity (Wildman–Crippen MR) is 76.5 cm³/mol. The fourth-order valence-electron chi connectivity index (χ4n) is 1.95. The zero-order chi connectivity index (χ0) is 15.1. The Morgan fingerprint density at radius 2 is 2.24 bits per heavy atom. The number of ether oxygens (including phenoxy) is 1. The third kappa shape index (κ3) is 3.94. The minimum atomic E-state index is -0.152. The molecule has 2 rings (SSSR count). The van der Waals surface area contributed by atoms with Gasteiger partial charge in [-0.05, 0) is 30.3 Å². The molecule has 1 aromatic heterocycles. The minimum absolute atomic E-state index is 0.152. The van der Waals surface area contributed by atoms with Crippen LogP contribution in [0.2, 0.25) is 0 Å². The topological polar surface area (TPSA) is 66.5 Å². The number of carbonyl (C=O) groups is 1. The lowest BCUT2D eigenvalue weighted by Crippen LogP contribution is -2.33. The summed E-state index contributed by atoms with van der Waals surface area (Å²) in [7, 11) is 1.59. The van der Waals surface area contributed by atoms with Crippen LogP contribution in [0, 0.1) is 11.3 Å². The van der Waals surface area contributed by atoms with Crippen molar-refractivity contribution in [1.29, 1.82) is 5.26 Å². The first-order chi connectivity index (χ1) is 10.2. The van der Waals surface area contributed by atoms with Gasteiger partial charge in [-0.1, -0.05) is 6.07 Å². The van der Waals surface area contributed by atoms with Crippen molar-refractivity contribution in [2.45, 2.75) is 6.54 Å². The quantitative estimate of drug-likeness (QED) is 0.817. The summed E-state index contributed by atoms with van der Waals surface area (Å²) in [5.41, 5.74) is 0.947. The van der Waals surface area contributed by atoms with E-state index in [1.165, 1.54) is 0 Å². The first-order valence-corrected chi connectivity index (χ1v) is 6.55. The molecule has 21 heavy (non-hydrogen) atoms. The first-order valence-electron chi connectivity index (χ1n) is 6.55. The van der Waals surface area contributed by atoms with Crippen molar-refractivity contribution < 1.29 is 13.9 Å². The molecule has 2 aromatic rings. The molecule has 108 valence electrons. The van der Waals surface area contributed by atoms with Crippen LogP contribution in [0.15, 0.2) is 47.1 Å². The second kappa shape index (κ2) is 7.27. The van der Waals surface area contributed by atoms with Gasteiger partial charge in [-0.25, -0.2) is 0 Å². The van der Waals surface area contributed by atoms with Gasteiger partial charge in [0, 0.05) is 19.2 Å². The molecular formula is C16H16N2O3. The van der Waals surface area contributed by atoms with Crippen molar-refractivity contribution in [3.8, 4) is 6.07 Å². The van der Waals surface area contributed by atoms with E-state index in [9.17, 15) is 4.79 Å². The Morgan fingerprint density at radius 3 is 2.90 bits per heavy atom. The summed E-state index contributed by atoms with van der Waals surface area (Å²) in [6, 6.07) is 12.3. The molecule has 0 saturated carbocycles. The number of hydrogen-bond acceptors (Lipinski definition) is 4. The monoisotopic (exact) mass is 284 g/mol. The summed E-state index contributed by atoms with van der Waals surface area (Å²) >= 11 is 0. The second-order valence-corrected chi connectivity index (χ2v) is 4.49. The Kier molecular flexibility index (Phi) is 5.13. The molecule has 1 amide bonds. The number of benzene rings is 1. The summed E-state index contributed by atoms with van der Waals surface area (Å²) in [5, 5.41) is 8.92. The maximum Gasteiger partial charge on any atom is 0.254 e. The average Bonchev–Trinajstić information content (AvgIpc) is 3.03. The molecule has 0 bridgehead atoms. The van der Waals surface area contributed by atoms with Crippen molar-refractivity contribution in [3.63, 3.8) is 0 Å². The van der Waals surface area contributed by atoms with Crippen LogP contribution in [0.1, 0.15) is 21.7 Å². The van der Waals surface area contributed by atoms with Crippen molar-refractivity contribution in [2.24, 2.45) is 0 Å².